The van der Waals surface area contributed by atoms with Crippen molar-refractivity contribution in [3.8, 4) is 0 Å². The van der Waals surface area contributed by atoms with Crippen LogP contribution in [-0.4, -0.2) is 79.2 Å². The third-order valence-corrected chi connectivity index (χ3v) is 21.2. The molecule has 1 saturated heterocycles. The van der Waals surface area contributed by atoms with E-state index >= 15 is 0 Å². The zero-order chi connectivity index (χ0) is 75.2. The van der Waals surface area contributed by atoms with E-state index in [1.54, 1.807) is 12.3 Å². The Kier molecular flexibility index (Phi) is 44.6. The number of benzene rings is 6. The van der Waals surface area contributed by atoms with Crippen molar-refractivity contribution in [3.05, 3.63) is 216 Å². The SMILES string of the molecule is CCCCCCCCCCCCCCCCCCCCCCCCCC(=O)N[C@@H](CO[C@H]1O[C@H](COC(=O)Nc2ccnc3ccccc23)[C@H](OCc2ccccc2)[C@H](OCc2ccccc2)[C@H]1OCc1ccccc1)[C@H](OCc1ccccc1)[C@@H](CCCCCCCCCCCCCC)OCc1ccccc1. The second-order valence-electron chi connectivity index (χ2n) is 30.2. The Hall–Kier alpha value is -6.81. The Morgan fingerprint density at radius 1 is 0.398 bits per heavy atom. The predicted octanol–water partition coefficient (Wildman–Crippen LogP) is 24.4. The molecule has 0 aliphatic carbocycles. The monoisotopic (exact) mass is 1480 g/mol. The van der Waals surface area contributed by atoms with Gasteiger partial charge in [0.1, 0.15) is 37.1 Å². The number of hydrogen-bond donors (Lipinski definition) is 2. The van der Waals surface area contributed by atoms with Crippen molar-refractivity contribution in [1.82, 2.24) is 10.3 Å². The first-order valence-corrected chi connectivity index (χ1v) is 42.6. The maximum atomic E-state index is 15.0. The number of fused-ring (bicyclic) bond motifs is 1. The molecular weight excluding hydrogens is 1340 g/mol. The summed E-state index contributed by atoms with van der Waals surface area (Å²) in [5, 5.41) is 7.29. The highest BCUT2D eigenvalue weighted by Gasteiger charge is 2.50. The van der Waals surface area contributed by atoms with Crippen LogP contribution in [0, 0.1) is 0 Å². The fraction of sp³-hybridized carbons (Fsp3) is 0.568. The molecule has 2 amide bonds. The molecule has 0 saturated carbocycles. The van der Waals surface area contributed by atoms with Crippen LogP contribution in [0.15, 0.2) is 188 Å². The fourth-order valence-electron chi connectivity index (χ4n) is 14.8. The van der Waals surface area contributed by atoms with Gasteiger partial charge in [0.25, 0.3) is 0 Å². The summed E-state index contributed by atoms with van der Waals surface area (Å²) >= 11 is 0. The molecule has 7 aromatic rings. The summed E-state index contributed by atoms with van der Waals surface area (Å²) in [6.45, 7) is 5.48. The van der Waals surface area contributed by atoms with E-state index < -0.39 is 55.0 Å². The van der Waals surface area contributed by atoms with Crippen LogP contribution in [0.2, 0.25) is 0 Å². The summed E-state index contributed by atoms with van der Waals surface area (Å²) in [5.41, 5.74) is 6.15. The van der Waals surface area contributed by atoms with Crippen LogP contribution in [0.5, 0.6) is 0 Å². The average molecular weight is 1480 g/mol. The largest absolute Gasteiger partial charge is 0.446 e. The number of anilines is 1. The van der Waals surface area contributed by atoms with E-state index in [2.05, 4.69) is 53.7 Å². The fourth-order valence-corrected chi connectivity index (χ4v) is 14.8. The first-order valence-electron chi connectivity index (χ1n) is 42.6. The van der Waals surface area contributed by atoms with Crippen molar-refractivity contribution in [2.45, 2.75) is 333 Å². The minimum Gasteiger partial charge on any atom is -0.446 e. The van der Waals surface area contributed by atoms with Crippen LogP contribution in [0.1, 0.15) is 279 Å². The molecule has 0 radical (unpaired) electrons. The highest BCUT2D eigenvalue weighted by Crippen LogP contribution is 2.34. The number of aromatic nitrogens is 1. The lowest BCUT2D eigenvalue weighted by atomic mass is 9.97. The van der Waals surface area contributed by atoms with Gasteiger partial charge in [-0.2, -0.15) is 0 Å². The minimum absolute atomic E-state index is 0.0613. The molecule has 1 aliphatic rings. The molecule has 6 aromatic carbocycles. The molecular formula is C95H135N3O10. The average Bonchev–Trinajstić information content (AvgIpc) is 0.785. The summed E-state index contributed by atoms with van der Waals surface area (Å²) in [7, 11) is 0. The number of nitrogens with zero attached hydrogens (tertiary/aromatic N) is 1. The molecule has 2 heterocycles. The van der Waals surface area contributed by atoms with E-state index in [1.165, 1.54) is 186 Å². The van der Waals surface area contributed by atoms with Crippen LogP contribution in [0.25, 0.3) is 10.9 Å². The van der Waals surface area contributed by atoms with Crippen LogP contribution in [-0.2, 0) is 75.7 Å². The molecule has 8 atom stereocenters. The Morgan fingerprint density at radius 2 is 0.778 bits per heavy atom. The van der Waals surface area contributed by atoms with E-state index in [1.807, 2.05) is 152 Å². The molecule has 13 nitrogen and oxygen atoms in total. The summed E-state index contributed by atoms with van der Waals surface area (Å²) in [4.78, 5) is 33.7. The number of carbonyl (C=O) groups is 2. The van der Waals surface area contributed by atoms with Gasteiger partial charge in [-0.1, -0.05) is 402 Å². The number of carbonyl (C=O) groups excluding carboxylic acids is 2. The lowest BCUT2D eigenvalue weighted by Crippen LogP contribution is -2.62. The molecule has 0 unspecified atom stereocenters. The minimum atomic E-state index is -1.16. The molecule has 8 rings (SSSR count). The highest BCUT2D eigenvalue weighted by molar-refractivity contribution is 5.98. The Balaban J connectivity index is 1.01. The van der Waals surface area contributed by atoms with Gasteiger partial charge in [0, 0.05) is 18.0 Å². The third-order valence-electron chi connectivity index (χ3n) is 21.2. The smallest absolute Gasteiger partial charge is 0.411 e. The Bertz CT molecular complexity index is 3350. The molecule has 1 aliphatic heterocycles. The third kappa shape index (κ3) is 35.5. The van der Waals surface area contributed by atoms with E-state index in [0.29, 0.717) is 25.1 Å². The number of nitrogens with one attached hydrogen (secondary N) is 2. The predicted molar refractivity (Wildman–Crippen MR) is 441 cm³/mol. The standard InChI is InChI=1S/C95H135N3O10/c1-3-5-7-9-11-13-15-17-18-19-20-21-22-23-24-25-26-27-29-31-33-35-52-68-89(99)97-86(90(102-72-79-57-43-37-44-58-79)87(101-71-78-55-41-36-42-56-78)67-51-34-32-30-28-16-14-12-10-8-6-4-2)76-106-94-93(105-75-82-63-49-40-50-64-82)92(104-74-81-61-47-39-48-62-81)91(103-73-80-59-45-38-46-60-80)88(108-94)77-107-95(100)98-85-69-70-96-84-66-54-53-65-83(84)85/h36-50,53-66,69-70,86-88,90-94H,3-35,51-52,67-68,71-77H2,1-2H3,(H,97,99)(H,96,98,100)/t86-,87+,88+,90-,91-,92-,93+,94-/m0/s1. The van der Waals surface area contributed by atoms with Gasteiger partial charge in [-0.25, -0.2) is 4.79 Å². The molecule has 1 aromatic heterocycles. The van der Waals surface area contributed by atoms with Gasteiger partial charge in [0.2, 0.25) is 5.91 Å². The van der Waals surface area contributed by atoms with E-state index in [0.717, 1.165) is 77.2 Å². The topological polar surface area (TPSA) is 145 Å². The van der Waals surface area contributed by atoms with Gasteiger partial charge in [0.15, 0.2) is 6.29 Å². The second kappa shape index (κ2) is 55.6. The van der Waals surface area contributed by atoms with Gasteiger partial charge < -0.3 is 43.2 Å². The van der Waals surface area contributed by atoms with Crippen LogP contribution in [0.4, 0.5) is 10.5 Å². The first-order chi connectivity index (χ1) is 53.4. The summed E-state index contributed by atoms with van der Waals surface area (Å²) < 4.78 is 56.6. The quantitative estimate of drug-likeness (QED) is 0.0352. The molecule has 1 fully saturated rings. The highest BCUT2D eigenvalue weighted by atomic mass is 16.7. The Morgan fingerprint density at radius 3 is 1.23 bits per heavy atom. The van der Waals surface area contributed by atoms with E-state index in [4.69, 9.17) is 37.9 Å². The molecule has 2 N–H and O–H groups in total. The van der Waals surface area contributed by atoms with Gasteiger partial charge in [-0.05, 0) is 52.8 Å². The maximum absolute atomic E-state index is 15.0. The number of ether oxygens (including phenoxy) is 8. The summed E-state index contributed by atoms with van der Waals surface area (Å²) in [6.07, 6.45) is 41.0. The summed E-state index contributed by atoms with van der Waals surface area (Å²) in [6, 6.07) is 59.2. The lowest BCUT2D eigenvalue weighted by molar-refractivity contribution is -0.328. The zero-order valence-corrected chi connectivity index (χ0v) is 66.2. The summed E-state index contributed by atoms with van der Waals surface area (Å²) in [5.74, 6) is -0.0771. The number of rotatable bonds is 61. The van der Waals surface area contributed by atoms with Gasteiger partial charge in [-0.3, -0.25) is 15.1 Å². The van der Waals surface area contributed by atoms with Gasteiger partial charge in [0.05, 0.1) is 63.0 Å². The second-order valence-corrected chi connectivity index (χ2v) is 30.2. The van der Waals surface area contributed by atoms with Crippen LogP contribution in [0.3, 0.4) is 0 Å². The van der Waals surface area contributed by atoms with Crippen LogP contribution >= 0.6 is 0 Å². The maximum Gasteiger partial charge on any atom is 0.411 e. The van der Waals surface area contributed by atoms with Gasteiger partial charge >= 0.3 is 6.09 Å². The molecule has 590 valence electrons. The lowest BCUT2D eigenvalue weighted by Gasteiger charge is -2.46. The van der Waals surface area contributed by atoms with Crippen molar-refractivity contribution >= 4 is 28.6 Å². The van der Waals surface area contributed by atoms with Crippen molar-refractivity contribution in [3.63, 3.8) is 0 Å². The number of pyridine rings is 1. The molecule has 13 heteroatoms. The van der Waals surface area contributed by atoms with Crippen molar-refractivity contribution in [2.75, 3.05) is 18.5 Å². The van der Waals surface area contributed by atoms with Crippen molar-refractivity contribution < 1.29 is 47.5 Å². The van der Waals surface area contributed by atoms with E-state index in [-0.39, 0.29) is 45.5 Å². The number of unbranched alkanes of at least 4 members (excludes halogenated alkanes) is 33. The molecule has 0 bridgehead atoms. The normalized spacial score (nSPS) is 16.6. The van der Waals surface area contributed by atoms with Crippen LogP contribution < -0.4 is 10.6 Å². The van der Waals surface area contributed by atoms with Gasteiger partial charge in [-0.15, -0.1) is 0 Å². The number of para-hydroxylation sites is 1. The zero-order valence-electron chi connectivity index (χ0n) is 66.2. The van der Waals surface area contributed by atoms with E-state index in [9.17, 15) is 9.59 Å². The first kappa shape index (κ1) is 86.8. The number of amides is 2. The Labute approximate surface area is 650 Å². The molecule has 108 heavy (non-hydrogen) atoms. The van der Waals surface area contributed by atoms with Crippen molar-refractivity contribution in [2.24, 2.45) is 0 Å². The molecule has 0 spiro atoms. The number of hydrogen-bond acceptors (Lipinski definition) is 11. The van der Waals surface area contributed by atoms with Crippen molar-refractivity contribution in [1.29, 1.82) is 0 Å².